The van der Waals surface area contributed by atoms with Crippen LogP contribution in [0.2, 0.25) is 0 Å². The van der Waals surface area contributed by atoms with Crippen LogP contribution in [0.1, 0.15) is 31.3 Å². The Morgan fingerprint density at radius 1 is 1.40 bits per heavy atom. The van der Waals surface area contributed by atoms with Gasteiger partial charge >= 0.3 is 0 Å². The molecule has 4 nitrogen and oxygen atoms in total. The summed E-state index contributed by atoms with van der Waals surface area (Å²) in [6.45, 7) is 5.07. The highest BCUT2D eigenvalue weighted by molar-refractivity contribution is 9.10. The maximum absolute atomic E-state index is 13.2. The van der Waals surface area contributed by atoms with Crippen molar-refractivity contribution in [2.24, 2.45) is 11.7 Å². The molecule has 1 aromatic heterocycles. The summed E-state index contributed by atoms with van der Waals surface area (Å²) in [5.41, 5.74) is 7.05. The number of halogens is 2. The number of nitrogens with two attached hydrogens (primary N) is 1. The molecular formula is C14H18BrFN4. The van der Waals surface area contributed by atoms with Crippen molar-refractivity contribution in [2.45, 2.75) is 32.9 Å². The number of rotatable bonds is 5. The van der Waals surface area contributed by atoms with E-state index < -0.39 is 0 Å². The van der Waals surface area contributed by atoms with E-state index in [1.807, 2.05) is 4.68 Å². The lowest BCUT2D eigenvalue weighted by Gasteiger charge is -2.14. The van der Waals surface area contributed by atoms with E-state index in [1.165, 1.54) is 6.07 Å². The summed E-state index contributed by atoms with van der Waals surface area (Å²) in [4.78, 5) is 4.26. The maximum atomic E-state index is 13.2. The Morgan fingerprint density at radius 3 is 2.80 bits per heavy atom. The molecule has 0 fully saturated rings. The molecule has 0 aliphatic carbocycles. The molecule has 0 radical (unpaired) electrons. The quantitative estimate of drug-likeness (QED) is 0.909. The van der Waals surface area contributed by atoms with Crippen LogP contribution >= 0.6 is 15.9 Å². The van der Waals surface area contributed by atoms with Gasteiger partial charge < -0.3 is 5.73 Å². The zero-order valence-corrected chi connectivity index (χ0v) is 13.1. The first-order chi connectivity index (χ1) is 9.47. The van der Waals surface area contributed by atoms with Crippen LogP contribution in [0, 0.1) is 11.7 Å². The van der Waals surface area contributed by atoms with Crippen LogP contribution in [-0.2, 0) is 13.0 Å². The Morgan fingerprint density at radius 2 is 2.15 bits per heavy atom. The molecule has 0 aliphatic rings. The van der Waals surface area contributed by atoms with Crippen LogP contribution in [0.5, 0.6) is 0 Å². The van der Waals surface area contributed by atoms with Gasteiger partial charge in [0.2, 0.25) is 0 Å². The Bertz CT molecular complexity index is 582. The van der Waals surface area contributed by atoms with E-state index in [-0.39, 0.29) is 11.9 Å². The van der Waals surface area contributed by atoms with Crippen LogP contribution in [0.25, 0.3) is 0 Å². The fourth-order valence-electron chi connectivity index (χ4n) is 2.00. The van der Waals surface area contributed by atoms with Crippen molar-refractivity contribution >= 4 is 15.9 Å². The molecule has 2 aromatic rings. The highest BCUT2D eigenvalue weighted by Gasteiger charge is 2.14. The minimum Gasteiger partial charge on any atom is -0.324 e. The number of hydrogen-bond donors (Lipinski definition) is 1. The first kappa shape index (κ1) is 15.1. The first-order valence-corrected chi connectivity index (χ1v) is 7.34. The van der Waals surface area contributed by atoms with Gasteiger partial charge in [-0.25, -0.2) is 14.1 Å². The Kier molecular flexibility index (Phi) is 4.88. The van der Waals surface area contributed by atoms with E-state index >= 15 is 0 Å². The fraction of sp³-hybridized carbons (Fsp3) is 0.429. The zero-order valence-electron chi connectivity index (χ0n) is 11.6. The van der Waals surface area contributed by atoms with Crippen molar-refractivity contribution in [1.29, 1.82) is 0 Å². The smallest absolute Gasteiger partial charge is 0.138 e. The minimum atomic E-state index is -0.288. The standard InChI is InChI=1S/C14H18BrFN4/c1-9(2)7-20-14(18-8-19-20)6-13(17)10-3-4-12(16)11(15)5-10/h3-5,8-9,13H,6-7,17H2,1-2H3. The Balaban J connectivity index is 2.13. The summed E-state index contributed by atoms with van der Waals surface area (Å²) in [6.07, 6.45) is 2.12. The summed E-state index contributed by atoms with van der Waals surface area (Å²) in [6, 6.07) is 4.59. The number of hydrogen-bond acceptors (Lipinski definition) is 3. The van der Waals surface area contributed by atoms with Gasteiger partial charge in [-0.05, 0) is 39.5 Å². The van der Waals surface area contributed by atoms with Gasteiger partial charge in [-0.2, -0.15) is 5.10 Å². The van der Waals surface area contributed by atoms with Crippen molar-refractivity contribution in [3.05, 3.63) is 46.2 Å². The van der Waals surface area contributed by atoms with E-state index in [2.05, 4.69) is 39.9 Å². The second-order valence-corrected chi connectivity index (χ2v) is 6.09. The van der Waals surface area contributed by atoms with Gasteiger partial charge in [-0.3, -0.25) is 0 Å². The Hall–Kier alpha value is -1.27. The van der Waals surface area contributed by atoms with Crippen LogP contribution in [0.4, 0.5) is 4.39 Å². The predicted molar refractivity (Wildman–Crippen MR) is 79.6 cm³/mol. The number of benzene rings is 1. The molecule has 1 atom stereocenters. The van der Waals surface area contributed by atoms with Crippen molar-refractivity contribution in [1.82, 2.24) is 14.8 Å². The van der Waals surface area contributed by atoms with Gasteiger partial charge in [-0.15, -0.1) is 0 Å². The molecule has 0 amide bonds. The molecule has 0 spiro atoms. The molecule has 1 unspecified atom stereocenters. The summed E-state index contributed by atoms with van der Waals surface area (Å²) >= 11 is 3.18. The molecule has 2 rings (SSSR count). The van der Waals surface area contributed by atoms with Gasteiger partial charge in [0.15, 0.2) is 0 Å². The normalized spacial score (nSPS) is 12.9. The zero-order chi connectivity index (χ0) is 14.7. The predicted octanol–water partition coefficient (Wildman–Crippen LogP) is 3.08. The van der Waals surface area contributed by atoms with Crippen molar-refractivity contribution in [3.63, 3.8) is 0 Å². The van der Waals surface area contributed by atoms with Gasteiger partial charge in [0.05, 0.1) is 4.47 Å². The topological polar surface area (TPSA) is 56.7 Å². The second-order valence-electron chi connectivity index (χ2n) is 5.24. The van der Waals surface area contributed by atoms with Crippen molar-refractivity contribution < 1.29 is 4.39 Å². The van der Waals surface area contributed by atoms with E-state index in [0.717, 1.165) is 17.9 Å². The molecule has 1 heterocycles. The van der Waals surface area contributed by atoms with Gasteiger partial charge in [0.25, 0.3) is 0 Å². The van der Waals surface area contributed by atoms with E-state index in [4.69, 9.17) is 5.73 Å². The molecule has 108 valence electrons. The SMILES string of the molecule is CC(C)Cn1ncnc1CC(N)c1ccc(F)c(Br)c1. The van der Waals surface area contributed by atoms with E-state index in [1.54, 1.807) is 18.5 Å². The second kappa shape index (κ2) is 6.45. The van der Waals surface area contributed by atoms with E-state index in [9.17, 15) is 4.39 Å². The third-order valence-electron chi connectivity index (χ3n) is 3.01. The average Bonchev–Trinajstić information content (AvgIpc) is 2.79. The van der Waals surface area contributed by atoms with Crippen molar-refractivity contribution in [3.8, 4) is 0 Å². The molecule has 0 aliphatic heterocycles. The summed E-state index contributed by atoms with van der Waals surface area (Å²) in [5.74, 6) is 1.06. The molecular weight excluding hydrogens is 323 g/mol. The van der Waals surface area contributed by atoms with Gasteiger partial charge in [0, 0.05) is 19.0 Å². The maximum Gasteiger partial charge on any atom is 0.138 e. The molecule has 6 heteroatoms. The summed E-state index contributed by atoms with van der Waals surface area (Å²) < 4.78 is 15.5. The molecule has 0 saturated carbocycles. The monoisotopic (exact) mass is 340 g/mol. The lowest BCUT2D eigenvalue weighted by Crippen LogP contribution is -2.18. The fourth-order valence-corrected chi connectivity index (χ4v) is 2.40. The van der Waals surface area contributed by atoms with Gasteiger partial charge in [-0.1, -0.05) is 19.9 Å². The molecule has 1 aromatic carbocycles. The molecule has 0 bridgehead atoms. The van der Waals surface area contributed by atoms with Crippen LogP contribution in [-0.4, -0.2) is 14.8 Å². The first-order valence-electron chi connectivity index (χ1n) is 6.54. The highest BCUT2D eigenvalue weighted by atomic mass is 79.9. The van der Waals surface area contributed by atoms with Crippen LogP contribution in [0.15, 0.2) is 29.0 Å². The highest BCUT2D eigenvalue weighted by Crippen LogP contribution is 2.22. The lowest BCUT2D eigenvalue weighted by atomic mass is 10.0. The van der Waals surface area contributed by atoms with E-state index in [0.29, 0.717) is 16.8 Å². The van der Waals surface area contributed by atoms with Crippen LogP contribution in [0.3, 0.4) is 0 Å². The third kappa shape index (κ3) is 3.64. The van der Waals surface area contributed by atoms with Gasteiger partial charge in [0.1, 0.15) is 18.0 Å². The van der Waals surface area contributed by atoms with Crippen LogP contribution < -0.4 is 5.73 Å². The summed E-state index contributed by atoms with van der Waals surface area (Å²) in [7, 11) is 0. The molecule has 20 heavy (non-hydrogen) atoms. The Labute approximate surface area is 126 Å². The van der Waals surface area contributed by atoms with Crippen molar-refractivity contribution in [2.75, 3.05) is 0 Å². The third-order valence-corrected chi connectivity index (χ3v) is 3.62. The molecule has 2 N–H and O–H groups in total. The largest absolute Gasteiger partial charge is 0.324 e. The minimum absolute atomic E-state index is 0.234. The summed E-state index contributed by atoms with van der Waals surface area (Å²) in [5, 5.41) is 4.22. The lowest BCUT2D eigenvalue weighted by molar-refractivity contribution is 0.459. The number of nitrogens with zero attached hydrogens (tertiary/aromatic N) is 3. The average molecular weight is 341 g/mol. The number of aromatic nitrogens is 3. The molecule has 0 saturated heterocycles.